The van der Waals surface area contributed by atoms with Gasteiger partial charge in [0.25, 0.3) is 0 Å². The second-order valence-electron chi connectivity index (χ2n) is 10.1. The lowest BCUT2D eigenvalue weighted by Crippen LogP contribution is -2.40. The van der Waals surface area contributed by atoms with Gasteiger partial charge in [0.15, 0.2) is 5.43 Å². The van der Waals surface area contributed by atoms with Crippen LogP contribution in [0.25, 0.3) is 22.2 Å². The molecule has 4 heterocycles. The van der Waals surface area contributed by atoms with E-state index in [0.29, 0.717) is 71.2 Å². The molecule has 0 radical (unpaired) electrons. The summed E-state index contributed by atoms with van der Waals surface area (Å²) >= 11 is 0. The third kappa shape index (κ3) is 4.61. The summed E-state index contributed by atoms with van der Waals surface area (Å²) in [5.41, 5.74) is 4.95. The van der Waals surface area contributed by atoms with Crippen molar-refractivity contribution >= 4 is 41.3 Å². The number of pyridine rings is 1. The maximum Gasteiger partial charge on any atom is 0.586 e. The number of anilines is 2. The van der Waals surface area contributed by atoms with Crippen molar-refractivity contribution in [1.29, 1.82) is 0 Å². The first kappa shape index (κ1) is 26.0. The predicted molar refractivity (Wildman–Crippen MR) is 153 cm³/mol. The van der Waals surface area contributed by atoms with Crippen LogP contribution >= 0.6 is 0 Å². The molecule has 2 aliphatic heterocycles. The van der Waals surface area contributed by atoms with E-state index < -0.39 is 12.9 Å². The molecule has 2 aromatic heterocycles. The SMILES string of the molecule is Cc1cc(C(C)Nc2cccnc2-c2cc(F)c3c(c2)C=NOB3O)c2oc(N3CCOCC3)c(C)c(=O)c2c1. The molecular weight excluding hydrogens is 514 g/mol. The number of rotatable bonds is 5. The number of nitrogens with one attached hydrogen (secondary N) is 1. The number of oxime groups is 1. The lowest BCUT2D eigenvalue weighted by molar-refractivity contribution is 0.120. The Bertz CT molecular complexity index is 1700. The second-order valence-corrected chi connectivity index (χ2v) is 10.1. The molecule has 1 unspecified atom stereocenters. The van der Waals surface area contributed by atoms with E-state index in [-0.39, 0.29) is 16.9 Å². The van der Waals surface area contributed by atoms with Crippen molar-refractivity contribution in [3.63, 3.8) is 0 Å². The molecule has 0 aliphatic carbocycles. The summed E-state index contributed by atoms with van der Waals surface area (Å²) in [6.07, 6.45) is 3.00. The van der Waals surface area contributed by atoms with E-state index in [1.807, 2.05) is 32.0 Å². The molecule has 11 heteroatoms. The first-order valence-electron chi connectivity index (χ1n) is 13.1. The minimum Gasteiger partial charge on any atom is -0.440 e. The summed E-state index contributed by atoms with van der Waals surface area (Å²) in [6.45, 7) is 8.17. The average Bonchev–Trinajstić information content (AvgIpc) is 2.95. The summed E-state index contributed by atoms with van der Waals surface area (Å²) in [6, 6.07) is 10.3. The highest BCUT2D eigenvalue weighted by atomic mass is 19.1. The molecule has 0 saturated carbocycles. The summed E-state index contributed by atoms with van der Waals surface area (Å²) in [4.78, 5) is 20.0. The van der Waals surface area contributed by atoms with Crippen molar-refractivity contribution < 1.29 is 23.3 Å². The quantitative estimate of drug-likeness (QED) is 0.368. The maximum absolute atomic E-state index is 15.0. The summed E-state index contributed by atoms with van der Waals surface area (Å²) in [5, 5.41) is 17.7. The third-order valence-electron chi connectivity index (χ3n) is 7.35. The van der Waals surface area contributed by atoms with Crippen molar-refractivity contribution in [2.75, 3.05) is 36.5 Å². The van der Waals surface area contributed by atoms with Gasteiger partial charge in [0.05, 0.1) is 47.8 Å². The third-order valence-corrected chi connectivity index (χ3v) is 7.35. The Kier molecular flexibility index (Phi) is 6.77. The highest BCUT2D eigenvalue weighted by Gasteiger charge is 2.30. The molecule has 204 valence electrons. The number of morpholine rings is 1. The van der Waals surface area contributed by atoms with E-state index in [1.165, 1.54) is 12.3 Å². The summed E-state index contributed by atoms with van der Waals surface area (Å²) < 4.78 is 31.7. The van der Waals surface area contributed by atoms with Crippen molar-refractivity contribution in [2.24, 2.45) is 5.16 Å². The van der Waals surface area contributed by atoms with Crippen LogP contribution in [0.3, 0.4) is 0 Å². The van der Waals surface area contributed by atoms with Crippen LogP contribution in [0, 0.1) is 19.7 Å². The number of aromatic nitrogens is 1. The van der Waals surface area contributed by atoms with Crippen LogP contribution in [0.4, 0.5) is 16.0 Å². The molecule has 0 spiro atoms. The highest BCUT2D eigenvalue weighted by molar-refractivity contribution is 6.62. The molecule has 1 saturated heterocycles. The van der Waals surface area contributed by atoms with Crippen LogP contribution in [-0.4, -0.2) is 49.6 Å². The van der Waals surface area contributed by atoms with E-state index in [0.717, 1.165) is 11.1 Å². The average molecular weight is 542 g/mol. The number of benzene rings is 2. The molecule has 1 atom stereocenters. The van der Waals surface area contributed by atoms with E-state index in [2.05, 4.69) is 20.4 Å². The van der Waals surface area contributed by atoms with Gasteiger partial charge in [0.1, 0.15) is 11.4 Å². The van der Waals surface area contributed by atoms with E-state index in [1.54, 1.807) is 25.3 Å². The van der Waals surface area contributed by atoms with Gasteiger partial charge in [-0.15, -0.1) is 5.16 Å². The van der Waals surface area contributed by atoms with E-state index in [4.69, 9.17) is 13.9 Å². The monoisotopic (exact) mass is 542 g/mol. The van der Waals surface area contributed by atoms with Gasteiger partial charge in [0.2, 0.25) is 5.88 Å². The first-order chi connectivity index (χ1) is 19.3. The molecule has 9 nitrogen and oxygen atoms in total. The molecule has 6 rings (SSSR count). The Morgan fingerprint density at radius 1 is 1.18 bits per heavy atom. The Morgan fingerprint density at radius 2 is 1.98 bits per heavy atom. The van der Waals surface area contributed by atoms with Crippen LogP contribution < -0.4 is 21.1 Å². The minimum atomic E-state index is -1.47. The largest absolute Gasteiger partial charge is 0.586 e. The van der Waals surface area contributed by atoms with Gasteiger partial charge in [-0.1, -0.05) is 6.07 Å². The topological polar surface area (TPSA) is 109 Å². The Balaban J connectivity index is 1.41. The van der Waals surface area contributed by atoms with Crippen LogP contribution in [0.1, 0.15) is 35.2 Å². The number of hydrogen-bond donors (Lipinski definition) is 2. The molecule has 2 aliphatic rings. The molecule has 2 aromatic carbocycles. The lowest BCUT2D eigenvalue weighted by Gasteiger charge is -2.29. The second kappa shape index (κ2) is 10.4. The van der Waals surface area contributed by atoms with Gasteiger partial charge >= 0.3 is 7.12 Å². The zero-order valence-corrected chi connectivity index (χ0v) is 22.4. The van der Waals surface area contributed by atoms with Crippen LogP contribution in [0.5, 0.6) is 0 Å². The first-order valence-corrected chi connectivity index (χ1v) is 13.1. The lowest BCUT2D eigenvalue weighted by atomic mass is 9.75. The number of fused-ring (bicyclic) bond motifs is 2. The van der Waals surface area contributed by atoms with Gasteiger partial charge in [-0.05, 0) is 56.7 Å². The standard InChI is InChI=1S/C29H28BFN4O5/c1-16-11-21(28-22(12-16)27(36)17(2)29(39-28)35-7-9-38-10-8-35)18(3)34-24-5-4-6-32-26(24)19-13-20-15-33-40-30(37)25(20)23(31)14-19/h4-6,11-15,18,34,37H,7-10H2,1-3H3. The van der Waals surface area contributed by atoms with Gasteiger partial charge in [-0.2, -0.15) is 0 Å². The summed E-state index contributed by atoms with van der Waals surface area (Å²) in [7, 11) is -1.47. The molecule has 0 bridgehead atoms. The van der Waals surface area contributed by atoms with Gasteiger partial charge < -0.3 is 29.1 Å². The van der Waals surface area contributed by atoms with Gasteiger partial charge in [-0.25, -0.2) is 4.39 Å². The summed E-state index contributed by atoms with van der Waals surface area (Å²) in [5.74, 6) is -0.0502. The fourth-order valence-corrected chi connectivity index (χ4v) is 5.35. The number of halogens is 1. The number of ether oxygens (including phenoxy) is 1. The number of aryl methyl sites for hydroxylation is 1. The number of hydrogen-bond acceptors (Lipinski definition) is 9. The number of nitrogens with zero attached hydrogens (tertiary/aromatic N) is 3. The zero-order chi connectivity index (χ0) is 28.0. The zero-order valence-electron chi connectivity index (χ0n) is 22.4. The molecule has 0 amide bonds. The van der Waals surface area contributed by atoms with Crippen molar-refractivity contribution in [2.45, 2.75) is 26.8 Å². The van der Waals surface area contributed by atoms with Crippen LogP contribution in [0.15, 0.2) is 57.0 Å². The van der Waals surface area contributed by atoms with Gasteiger partial charge in [-0.3, -0.25) is 9.78 Å². The van der Waals surface area contributed by atoms with Crippen molar-refractivity contribution in [3.8, 4) is 11.3 Å². The van der Waals surface area contributed by atoms with Gasteiger partial charge in [0, 0.05) is 41.4 Å². The molecule has 2 N–H and O–H groups in total. The van der Waals surface area contributed by atoms with Crippen LogP contribution in [0.2, 0.25) is 0 Å². The molecular formula is C29H28BFN4O5. The molecule has 40 heavy (non-hydrogen) atoms. The van der Waals surface area contributed by atoms with E-state index >= 15 is 4.39 Å². The van der Waals surface area contributed by atoms with Crippen molar-refractivity contribution in [1.82, 2.24) is 4.98 Å². The molecule has 4 aromatic rings. The fraction of sp³-hybridized carbons (Fsp3) is 0.276. The Hall–Kier alpha value is -4.22. The fourth-order valence-electron chi connectivity index (χ4n) is 5.35. The van der Waals surface area contributed by atoms with Crippen molar-refractivity contribution in [3.05, 3.63) is 80.9 Å². The van der Waals surface area contributed by atoms with E-state index in [9.17, 15) is 9.82 Å². The smallest absolute Gasteiger partial charge is 0.440 e. The maximum atomic E-state index is 15.0. The van der Waals surface area contributed by atoms with Crippen LogP contribution in [-0.2, 0) is 9.49 Å². The minimum absolute atomic E-state index is 0.0326. The Morgan fingerprint density at radius 3 is 2.77 bits per heavy atom. The Labute approximate surface area is 230 Å². The normalized spacial score (nSPS) is 15.6. The molecule has 1 fully saturated rings. The predicted octanol–water partition coefficient (Wildman–Crippen LogP) is 3.67. The highest BCUT2D eigenvalue weighted by Crippen LogP contribution is 2.34.